The van der Waals surface area contributed by atoms with Crippen LogP contribution < -0.4 is 4.72 Å². The molecule has 28 heavy (non-hydrogen) atoms. The molecule has 0 bridgehead atoms. The van der Waals surface area contributed by atoms with Crippen molar-refractivity contribution in [2.75, 3.05) is 10.5 Å². The summed E-state index contributed by atoms with van der Waals surface area (Å²) >= 11 is 0. The van der Waals surface area contributed by atoms with Crippen molar-refractivity contribution in [3.8, 4) is 0 Å². The molecule has 3 rings (SSSR count). The van der Waals surface area contributed by atoms with Crippen molar-refractivity contribution < 1.29 is 13.2 Å². The van der Waals surface area contributed by atoms with Crippen LogP contribution in [-0.4, -0.2) is 30.8 Å². The second-order valence-electron chi connectivity index (χ2n) is 6.80. The van der Waals surface area contributed by atoms with Crippen LogP contribution >= 0.6 is 0 Å². The number of nitrogens with one attached hydrogen (secondary N) is 1. The van der Waals surface area contributed by atoms with Crippen LogP contribution in [0, 0.1) is 6.92 Å². The van der Waals surface area contributed by atoms with Gasteiger partial charge in [-0.25, -0.2) is 13.4 Å². The smallest absolute Gasteiger partial charge is 0.242 e. The van der Waals surface area contributed by atoms with Gasteiger partial charge in [0.05, 0.1) is 17.5 Å². The van der Waals surface area contributed by atoms with Gasteiger partial charge in [0.25, 0.3) is 0 Å². The van der Waals surface area contributed by atoms with E-state index in [1.54, 1.807) is 24.1 Å². The number of hydrazone groups is 1. The number of benzene rings is 2. The molecule has 1 amide bonds. The summed E-state index contributed by atoms with van der Waals surface area (Å²) in [6.45, 7) is 5.46. The fraction of sp³-hybridized carbons (Fsp3) is 0.333. The lowest BCUT2D eigenvalue weighted by Gasteiger charge is -2.23. The highest BCUT2D eigenvalue weighted by Crippen LogP contribution is 2.34. The van der Waals surface area contributed by atoms with Gasteiger partial charge in [-0.2, -0.15) is 5.10 Å². The summed E-state index contributed by atoms with van der Waals surface area (Å²) in [5, 5.41) is 6.20. The third kappa shape index (κ3) is 4.25. The van der Waals surface area contributed by atoms with Gasteiger partial charge in [-0.3, -0.25) is 9.52 Å². The highest BCUT2D eigenvalue weighted by atomic mass is 32.2. The van der Waals surface area contributed by atoms with Gasteiger partial charge in [-0.1, -0.05) is 43.3 Å². The van der Waals surface area contributed by atoms with Crippen LogP contribution in [0.3, 0.4) is 0 Å². The largest absolute Gasteiger partial charge is 0.284 e. The van der Waals surface area contributed by atoms with Crippen molar-refractivity contribution in [2.45, 2.75) is 39.7 Å². The van der Waals surface area contributed by atoms with Gasteiger partial charge in [0.1, 0.15) is 0 Å². The molecule has 0 saturated carbocycles. The van der Waals surface area contributed by atoms with Crippen LogP contribution in [0.25, 0.3) is 0 Å². The minimum Gasteiger partial charge on any atom is -0.284 e. The lowest BCUT2D eigenvalue weighted by molar-refractivity contribution is -0.132. The molecular weight excluding hydrogens is 374 g/mol. The predicted molar refractivity (Wildman–Crippen MR) is 112 cm³/mol. The van der Waals surface area contributed by atoms with Gasteiger partial charge in [0.15, 0.2) is 0 Å². The summed E-state index contributed by atoms with van der Waals surface area (Å²) in [5.74, 6) is 0.00350. The lowest BCUT2D eigenvalue weighted by Crippen LogP contribution is -2.26. The third-order valence-electron chi connectivity index (χ3n) is 4.89. The van der Waals surface area contributed by atoms with Crippen LogP contribution in [0.15, 0.2) is 53.6 Å². The monoisotopic (exact) mass is 399 g/mol. The maximum atomic E-state index is 12.5. The molecule has 0 aromatic heterocycles. The summed E-state index contributed by atoms with van der Waals surface area (Å²) in [4.78, 5) is 12.5. The summed E-state index contributed by atoms with van der Waals surface area (Å²) in [5.41, 5.74) is 4.43. The molecule has 1 heterocycles. The van der Waals surface area contributed by atoms with Gasteiger partial charge in [-0.15, -0.1) is 0 Å². The molecule has 2 aromatic rings. The first-order valence-corrected chi connectivity index (χ1v) is 11.1. The zero-order valence-corrected chi connectivity index (χ0v) is 17.2. The number of anilines is 1. The fourth-order valence-corrected chi connectivity index (χ4v) is 3.90. The maximum absolute atomic E-state index is 12.5. The van der Waals surface area contributed by atoms with Gasteiger partial charge >= 0.3 is 0 Å². The number of hydrogen-bond acceptors (Lipinski definition) is 4. The zero-order valence-electron chi connectivity index (χ0n) is 16.3. The molecule has 0 spiro atoms. The highest BCUT2D eigenvalue weighted by molar-refractivity contribution is 7.92. The Balaban J connectivity index is 1.88. The molecule has 0 saturated heterocycles. The number of carbonyl (C=O) groups excluding carboxylic acids is 1. The average Bonchev–Trinajstić information content (AvgIpc) is 3.13. The Morgan fingerprint density at radius 3 is 2.43 bits per heavy atom. The summed E-state index contributed by atoms with van der Waals surface area (Å²) in [6, 6.07) is 15.0. The molecule has 0 fully saturated rings. The average molecular weight is 400 g/mol. The number of carbonyl (C=O) groups is 1. The third-order valence-corrected chi connectivity index (χ3v) is 6.19. The normalized spacial score (nSPS) is 16.8. The number of rotatable bonds is 6. The molecule has 6 nitrogen and oxygen atoms in total. The minimum atomic E-state index is -3.31. The Kier molecular flexibility index (Phi) is 5.84. The maximum Gasteiger partial charge on any atom is 0.242 e. The van der Waals surface area contributed by atoms with E-state index in [0.29, 0.717) is 18.5 Å². The standard InChI is InChI=1S/C21H25N3O3S/c1-4-21(25)24-20(18-9-7-6-8-15(18)3)14-19(22-24)16-10-12-17(13-11-16)23-28(26,27)5-2/h6-13,20,23H,4-5,14H2,1-3H3/t20-/m0/s1. The molecule has 0 radical (unpaired) electrons. The summed E-state index contributed by atoms with van der Waals surface area (Å²) in [6.07, 6.45) is 1.01. The van der Waals surface area contributed by atoms with Crippen molar-refractivity contribution >= 4 is 27.3 Å². The lowest BCUT2D eigenvalue weighted by atomic mass is 9.95. The number of aryl methyl sites for hydroxylation is 1. The van der Waals surface area contributed by atoms with E-state index in [1.165, 1.54) is 0 Å². The first-order valence-electron chi connectivity index (χ1n) is 9.40. The van der Waals surface area contributed by atoms with Crippen LogP contribution in [0.2, 0.25) is 0 Å². The van der Waals surface area contributed by atoms with Gasteiger partial charge in [0.2, 0.25) is 15.9 Å². The Hall–Kier alpha value is -2.67. The molecule has 1 atom stereocenters. The highest BCUT2D eigenvalue weighted by Gasteiger charge is 2.33. The molecule has 1 aliphatic rings. The number of nitrogens with zero attached hydrogens (tertiary/aromatic N) is 2. The van der Waals surface area contributed by atoms with E-state index < -0.39 is 10.0 Å². The number of hydrogen-bond donors (Lipinski definition) is 1. The molecule has 0 unspecified atom stereocenters. The van der Waals surface area contributed by atoms with E-state index in [1.807, 2.05) is 50.2 Å². The van der Waals surface area contributed by atoms with E-state index in [0.717, 1.165) is 22.4 Å². The SMILES string of the molecule is CCC(=O)N1N=C(c2ccc(NS(=O)(=O)CC)cc2)C[C@H]1c1ccccc1C. The van der Waals surface area contributed by atoms with Gasteiger partial charge in [-0.05, 0) is 42.7 Å². The van der Waals surface area contributed by atoms with E-state index in [2.05, 4.69) is 9.82 Å². The van der Waals surface area contributed by atoms with Crippen molar-refractivity contribution in [2.24, 2.45) is 5.10 Å². The molecule has 7 heteroatoms. The Morgan fingerprint density at radius 2 is 1.82 bits per heavy atom. The first-order chi connectivity index (χ1) is 13.3. The summed E-state index contributed by atoms with van der Waals surface area (Å²) < 4.78 is 26.0. The van der Waals surface area contributed by atoms with Gasteiger partial charge < -0.3 is 0 Å². The fourth-order valence-electron chi connectivity index (χ4n) is 3.26. The van der Waals surface area contributed by atoms with Crippen LogP contribution in [0.4, 0.5) is 5.69 Å². The zero-order chi connectivity index (χ0) is 20.3. The van der Waals surface area contributed by atoms with Crippen molar-refractivity contribution in [1.82, 2.24) is 5.01 Å². The number of amides is 1. The van der Waals surface area contributed by atoms with E-state index in [4.69, 9.17) is 0 Å². The Morgan fingerprint density at radius 1 is 1.14 bits per heavy atom. The van der Waals surface area contributed by atoms with Crippen molar-refractivity contribution in [3.63, 3.8) is 0 Å². The van der Waals surface area contributed by atoms with Crippen LogP contribution in [0.1, 0.15) is 49.4 Å². The Bertz CT molecular complexity index is 998. The van der Waals surface area contributed by atoms with E-state index in [9.17, 15) is 13.2 Å². The molecular formula is C21H25N3O3S. The van der Waals surface area contributed by atoms with E-state index >= 15 is 0 Å². The van der Waals surface area contributed by atoms with Crippen molar-refractivity contribution in [1.29, 1.82) is 0 Å². The Labute approximate surface area is 166 Å². The predicted octanol–water partition coefficient (Wildman–Crippen LogP) is 3.84. The van der Waals surface area contributed by atoms with Gasteiger partial charge in [0, 0.05) is 18.5 Å². The molecule has 0 aliphatic carbocycles. The van der Waals surface area contributed by atoms with Crippen LogP contribution in [-0.2, 0) is 14.8 Å². The summed E-state index contributed by atoms with van der Waals surface area (Å²) in [7, 11) is -3.31. The second-order valence-corrected chi connectivity index (χ2v) is 8.81. The van der Waals surface area contributed by atoms with Crippen molar-refractivity contribution in [3.05, 3.63) is 65.2 Å². The quantitative estimate of drug-likeness (QED) is 0.801. The first kappa shape index (κ1) is 20.1. The molecule has 1 N–H and O–H groups in total. The minimum absolute atomic E-state index is 0.0180. The molecule has 148 valence electrons. The van der Waals surface area contributed by atoms with Crippen LogP contribution in [0.5, 0.6) is 0 Å². The van der Waals surface area contributed by atoms with E-state index in [-0.39, 0.29) is 17.7 Å². The molecule has 2 aromatic carbocycles. The second kappa shape index (κ2) is 8.14. The topological polar surface area (TPSA) is 78.8 Å². The number of sulfonamides is 1. The molecule has 1 aliphatic heterocycles.